The van der Waals surface area contributed by atoms with Gasteiger partial charge >= 0.3 is 0 Å². The van der Waals surface area contributed by atoms with Crippen LogP contribution in [0.3, 0.4) is 0 Å². The first kappa shape index (κ1) is 12.8. The van der Waals surface area contributed by atoms with E-state index in [1.54, 1.807) is 6.20 Å². The normalized spacial score (nSPS) is 17.6. The maximum atomic E-state index is 10.0. The molecule has 0 spiro atoms. The lowest BCUT2D eigenvalue weighted by molar-refractivity contribution is 0.172. The van der Waals surface area contributed by atoms with Gasteiger partial charge < -0.3 is 5.11 Å². The highest BCUT2D eigenvalue weighted by Gasteiger charge is 2.11. The first-order valence-electron chi connectivity index (χ1n) is 6.20. The van der Waals surface area contributed by atoms with Gasteiger partial charge in [-0.3, -0.25) is 4.98 Å². The molecule has 1 atom stereocenters. The lowest BCUT2D eigenvalue weighted by Gasteiger charge is -2.16. The first-order valence-corrected chi connectivity index (χ1v) is 7.00. The molecule has 17 heavy (non-hydrogen) atoms. The Balaban J connectivity index is 1.86. The molecule has 1 aliphatic rings. The van der Waals surface area contributed by atoms with Crippen LogP contribution in [0.4, 0.5) is 0 Å². The third-order valence-corrected chi connectivity index (χ3v) is 3.59. The van der Waals surface area contributed by atoms with Crippen molar-refractivity contribution < 1.29 is 5.11 Å². The Morgan fingerprint density at radius 2 is 2.18 bits per heavy atom. The van der Waals surface area contributed by atoms with Gasteiger partial charge in [0.15, 0.2) is 0 Å². The number of nitrogens with zero attached hydrogens (tertiary/aromatic N) is 1. The van der Waals surface area contributed by atoms with Crippen LogP contribution in [0, 0.1) is 0 Å². The van der Waals surface area contributed by atoms with Gasteiger partial charge in [-0.15, -0.1) is 0 Å². The zero-order valence-electron chi connectivity index (χ0n) is 9.90. The molecule has 0 amide bonds. The van der Waals surface area contributed by atoms with Gasteiger partial charge in [0.05, 0.1) is 6.10 Å². The van der Waals surface area contributed by atoms with Crippen molar-refractivity contribution in [3.05, 3.63) is 40.1 Å². The van der Waals surface area contributed by atoms with Crippen LogP contribution >= 0.6 is 15.9 Å². The molecule has 0 radical (unpaired) electrons. The second kappa shape index (κ2) is 6.31. The van der Waals surface area contributed by atoms with Crippen molar-refractivity contribution in [2.75, 3.05) is 0 Å². The lowest BCUT2D eigenvalue weighted by Crippen LogP contribution is -2.13. The van der Waals surface area contributed by atoms with Crippen LogP contribution < -0.4 is 0 Å². The summed E-state index contributed by atoms with van der Waals surface area (Å²) in [5.74, 6) is 0. The summed E-state index contributed by atoms with van der Waals surface area (Å²) in [6, 6.07) is 3.93. The van der Waals surface area contributed by atoms with E-state index in [1.165, 1.54) is 24.8 Å². The average molecular weight is 296 g/mol. The predicted octanol–water partition coefficient (Wildman–Crippen LogP) is 3.64. The second-order valence-electron chi connectivity index (χ2n) is 4.64. The number of allylic oxidation sites excluding steroid dienone is 1. The largest absolute Gasteiger partial charge is 0.392 e. The monoisotopic (exact) mass is 295 g/mol. The van der Waals surface area contributed by atoms with E-state index >= 15 is 0 Å². The summed E-state index contributed by atoms with van der Waals surface area (Å²) in [5.41, 5.74) is 2.37. The minimum atomic E-state index is -0.298. The molecule has 3 heteroatoms. The molecule has 1 aromatic heterocycles. The smallest absolute Gasteiger partial charge is 0.0632 e. The van der Waals surface area contributed by atoms with Crippen molar-refractivity contribution >= 4 is 15.9 Å². The zero-order valence-corrected chi connectivity index (χ0v) is 11.5. The van der Waals surface area contributed by atoms with Crippen molar-refractivity contribution in [1.29, 1.82) is 0 Å². The van der Waals surface area contributed by atoms with Gasteiger partial charge in [-0.25, -0.2) is 0 Å². The fourth-order valence-electron chi connectivity index (χ4n) is 2.23. The topological polar surface area (TPSA) is 33.1 Å². The van der Waals surface area contributed by atoms with E-state index in [4.69, 9.17) is 0 Å². The van der Waals surface area contributed by atoms with Crippen LogP contribution in [0.15, 0.2) is 34.5 Å². The van der Waals surface area contributed by atoms with Crippen LogP contribution in [-0.4, -0.2) is 16.2 Å². The Morgan fingerprint density at radius 1 is 1.29 bits per heavy atom. The van der Waals surface area contributed by atoms with E-state index in [0.717, 1.165) is 23.0 Å². The summed E-state index contributed by atoms with van der Waals surface area (Å²) in [7, 11) is 0. The Labute approximate surface area is 111 Å². The number of hydrogen-bond donors (Lipinski definition) is 1. The van der Waals surface area contributed by atoms with E-state index in [9.17, 15) is 5.11 Å². The summed E-state index contributed by atoms with van der Waals surface area (Å²) in [6.45, 7) is 0. The van der Waals surface area contributed by atoms with E-state index in [-0.39, 0.29) is 6.10 Å². The maximum absolute atomic E-state index is 10.0. The standard InChI is InChI=1S/C14H18BrNO/c15-12-6-7-13(16-10-12)9-14(17)8-11-4-2-1-3-5-11/h4,6-7,10,14,17H,1-3,5,8-9H2. The van der Waals surface area contributed by atoms with Crippen LogP contribution in [-0.2, 0) is 6.42 Å². The van der Waals surface area contributed by atoms with Gasteiger partial charge in [-0.05, 0) is 60.2 Å². The molecule has 1 aliphatic carbocycles. The molecule has 1 N–H and O–H groups in total. The Kier molecular flexibility index (Phi) is 4.75. The summed E-state index contributed by atoms with van der Waals surface area (Å²) in [6.07, 6.45) is 10.1. The molecule has 1 aromatic rings. The highest BCUT2D eigenvalue weighted by atomic mass is 79.9. The number of hydrogen-bond acceptors (Lipinski definition) is 2. The first-order chi connectivity index (χ1) is 8.24. The van der Waals surface area contributed by atoms with Gasteiger partial charge in [-0.2, -0.15) is 0 Å². The van der Waals surface area contributed by atoms with Crippen molar-refractivity contribution in [3.8, 4) is 0 Å². The number of pyridine rings is 1. The predicted molar refractivity (Wildman–Crippen MR) is 72.8 cm³/mol. The van der Waals surface area contributed by atoms with Crippen molar-refractivity contribution in [1.82, 2.24) is 4.98 Å². The SMILES string of the molecule is OC(CC1=CCCCC1)Cc1ccc(Br)cn1. The van der Waals surface area contributed by atoms with E-state index in [2.05, 4.69) is 27.0 Å². The van der Waals surface area contributed by atoms with Crippen molar-refractivity contribution in [2.24, 2.45) is 0 Å². The molecule has 0 saturated carbocycles. The summed E-state index contributed by atoms with van der Waals surface area (Å²) in [5, 5.41) is 10.0. The van der Waals surface area contributed by atoms with Crippen LogP contribution in [0.5, 0.6) is 0 Å². The average Bonchev–Trinajstić information content (AvgIpc) is 2.33. The highest BCUT2D eigenvalue weighted by molar-refractivity contribution is 9.10. The molecule has 0 fully saturated rings. The summed E-state index contributed by atoms with van der Waals surface area (Å²) in [4.78, 5) is 4.29. The van der Waals surface area contributed by atoms with Crippen molar-refractivity contribution in [3.63, 3.8) is 0 Å². The molecule has 0 aliphatic heterocycles. The fraction of sp³-hybridized carbons (Fsp3) is 0.500. The van der Waals surface area contributed by atoms with E-state index < -0.39 is 0 Å². The molecule has 2 rings (SSSR count). The quantitative estimate of drug-likeness (QED) is 0.861. The Morgan fingerprint density at radius 3 is 2.82 bits per heavy atom. The second-order valence-corrected chi connectivity index (χ2v) is 5.55. The molecule has 2 nitrogen and oxygen atoms in total. The van der Waals surface area contributed by atoms with E-state index in [1.807, 2.05) is 12.1 Å². The minimum Gasteiger partial charge on any atom is -0.392 e. The lowest BCUT2D eigenvalue weighted by atomic mass is 9.94. The Bertz CT molecular complexity index is 386. The minimum absolute atomic E-state index is 0.298. The molecule has 0 saturated heterocycles. The molecule has 1 unspecified atom stereocenters. The Hall–Kier alpha value is -0.670. The number of aromatic nitrogens is 1. The molecular weight excluding hydrogens is 278 g/mol. The third kappa shape index (κ3) is 4.25. The van der Waals surface area contributed by atoms with Gasteiger partial charge in [0.2, 0.25) is 0 Å². The number of aliphatic hydroxyl groups excluding tert-OH is 1. The van der Waals surface area contributed by atoms with Gasteiger partial charge in [0.1, 0.15) is 0 Å². The maximum Gasteiger partial charge on any atom is 0.0632 e. The van der Waals surface area contributed by atoms with Crippen LogP contribution in [0.2, 0.25) is 0 Å². The van der Waals surface area contributed by atoms with E-state index in [0.29, 0.717) is 6.42 Å². The number of halogens is 1. The summed E-state index contributed by atoms with van der Waals surface area (Å²) >= 11 is 3.36. The third-order valence-electron chi connectivity index (χ3n) is 3.12. The highest BCUT2D eigenvalue weighted by Crippen LogP contribution is 2.22. The molecule has 1 heterocycles. The number of aliphatic hydroxyl groups is 1. The molecular formula is C14H18BrNO. The van der Waals surface area contributed by atoms with Crippen molar-refractivity contribution in [2.45, 2.75) is 44.6 Å². The fourth-order valence-corrected chi connectivity index (χ4v) is 2.47. The van der Waals surface area contributed by atoms with Crippen LogP contribution in [0.1, 0.15) is 37.8 Å². The van der Waals surface area contributed by atoms with Gasteiger partial charge in [-0.1, -0.05) is 11.6 Å². The zero-order chi connectivity index (χ0) is 12.1. The van der Waals surface area contributed by atoms with Gasteiger partial charge in [0.25, 0.3) is 0 Å². The summed E-state index contributed by atoms with van der Waals surface area (Å²) < 4.78 is 0.978. The van der Waals surface area contributed by atoms with Crippen LogP contribution in [0.25, 0.3) is 0 Å². The van der Waals surface area contributed by atoms with Gasteiger partial charge in [0, 0.05) is 22.8 Å². The molecule has 0 aromatic carbocycles. The molecule has 0 bridgehead atoms. The molecule has 92 valence electrons. The number of rotatable bonds is 4.